The summed E-state index contributed by atoms with van der Waals surface area (Å²) in [5, 5.41) is 10.3. The van der Waals surface area contributed by atoms with Crippen LogP contribution in [-0.2, 0) is 6.42 Å². The number of nitrogens with zero attached hydrogens (tertiary/aromatic N) is 1. The normalized spacial score (nSPS) is 10.6. The van der Waals surface area contributed by atoms with Gasteiger partial charge in [-0.1, -0.05) is 17.8 Å². The van der Waals surface area contributed by atoms with Crippen LogP contribution in [0.25, 0.3) is 0 Å². The van der Waals surface area contributed by atoms with E-state index in [0.717, 1.165) is 5.56 Å². The van der Waals surface area contributed by atoms with E-state index in [4.69, 9.17) is 4.74 Å². The number of aromatic hydroxyl groups is 1. The van der Waals surface area contributed by atoms with Crippen LogP contribution in [0.2, 0.25) is 0 Å². The molecule has 0 unspecified atom stereocenters. The van der Waals surface area contributed by atoms with E-state index < -0.39 is 0 Å². The van der Waals surface area contributed by atoms with Gasteiger partial charge < -0.3 is 14.8 Å². The molecule has 5 nitrogen and oxygen atoms in total. The van der Waals surface area contributed by atoms with Crippen LogP contribution in [0.3, 0.4) is 0 Å². The van der Waals surface area contributed by atoms with E-state index in [2.05, 4.69) is 9.97 Å². The molecule has 0 fully saturated rings. The Labute approximate surface area is 127 Å². The molecule has 0 amide bonds. The Balaban J connectivity index is 2.34. The van der Waals surface area contributed by atoms with Gasteiger partial charge in [-0.2, -0.15) is 0 Å². The molecule has 2 aromatic rings. The van der Waals surface area contributed by atoms with Gasteiger partial charge in [0.25, 0.3) is 5.56 Å². The molecule has 1 aromatic carbocycles. The second kappa shape index (κ2) is 6.67. The number of hydrogen-bond acceptors (Lipinski definition) is 5. The molecule has 0 aliphatic heterocycles. The first-order valence-electron chi connectivity index (χ1n) is 6.63. The molecule has 0 spiro atoms. The SMILES string of the molecule is CCOc1cc(Cc2c(C)nc(SC)[nH]c2=O)ccc1O. The van der Waals surface area contributed by atoms with Crippen molar-refractivity contribution < 1.29 is 9.84 Å². The van der Waals surface area contributed by atoms with Gasteiger partial charge in [0.2, 0.25) is 0 Å². The lowest BCUT2D eigenvalue weighted by molar-refractivity contribution is 0.318. The Bertz CT molecular complexity index is 698. The van der Waals surface area contributed by atoms with Crippen LogP contribution < -0.4 is 10.3 Å². The molecule has 0 saturated carbocycles. The summed E-state index contributed by atoms with van der Waals surface area (Å²) in [6.07, 6.45) is 2.31. The van der Waals surface area contributed by atoms with E-state index in [1.165, 1.54) is 11.8 Å². The molecule has 0 aliphatic rings. The monoisotopic (exact) mass is 306 g/mol. The van der Waals surface area contributed by atoms with Crippen molar-refractivity contribution in [1.29, 1.82) is 0 Å². The Morgan fingerprint density at radius 1 is 1.43 bits per heavy atom. The zero-order valence-corrected chi connectivity index (χ0v) is 13.1. The standard InChI is InChI=1S/C15H18N2O3S/c1-4-20-13-8-10(5-6-12(13)18)7-11-9(2)16-15(21-3)17-14(11)19/h5-6,8,18H,4,7H2,1-3H3,(H,16,17,19). The molecule has 0 atom stereocenters. The largest absolute Gasteiger partial charge is 0.504 e. The van der Waals surface area contributed by atoms with E-state index in [1.807, 2.05) is 20.1 Å². The zero-order valence-electron chi connectivity index (χ0n) is 12.3. The summed E-state index contributed by atoms with van der Waals surface area (Å²) in [7, 11) is 0. The Morgan fingerprint density at radius 2 is 2.19 bits per heavy atom. The highest BCUT2D eigenvalue weighted by atomic mass is 32.2. The Kier molecular flexibility index (Phi) is 4.90. The highest BCUT2D eigenvalue weighted by molar-refractivity contribution is 7.98. The van der Waals surface area contributed by atoms with Crippen molar-refractivity contribution >= 4 is 11.8 Å². The van der Waals surface area contributed by atoms with Gasteiger partial charge in [-0.3, -0.25) is 4.79 Å². The van der Waals surface area contributed by atoms with Crippen LogP contribution in [0.15, 0.2) is 28.2 Å². The molecule has 2 N–H and O–H groups in total. The van der Waals surface area contributed by atoms with Crippen LogP contribution in [0, 0.1) is 6.92 Å². The van der Waals surface area contributed by atoms with E-state index in [0.29, 0.717) is 35.2 Å². The van der Waals surface area contributed by atoms with E-state index in [-0.39, 0.29) is 11.3 Å². The molecular weight excluding hydrogens is 288 g/mol. The second-order valence-corrected chi connectivity index (χ2v) is 5.35. The first-order chi connectivity index (χ1) is 10.0. The fourth-order valence-corrected chi connectivity index (χ4v) is 2.46. The number of ether oxygens (including phenoxy) is 1. The van der Waals surface area contributed by atoms with Crippen LogP contribution in [0.4, 0.5) is 0 Å². The van der Waals surface area contributed by atoms with Gasteiger partial charge in [0.1, 0.15) is 0 Å². The van der Waals surface area contributed by atoms with Crippen molar-refractivity contribution in [3.63, 3.8) is 0 Å². The number of phenols is 1. The third-order valence-electron chi connectivity index (χ3n) is 3.10. The van der Waals surface area contributed by atoms with Gasteiger partial charge in [0.05, 0.1) is 6.61 Å². The van der Waals surface area contributed by atoms with Crippen molar-refractivity contribution in [1.82, 2.24) is 9.97 Å². The molecule has 2 rings (SSSR count). The number of benzene rings is 1. The third-order valence-corrected chi connectivity index (χ3v) is 3.68. The molecule has 112 valence electrons. The summed E-state index contributed by atoms with van der Waals surface area (Å²) in [6, 6.07) is 5.10. The first-order valence-corrected chi connectivity index (χ1v) is 7.86. The molecule has 21 heavy (non-hydrogen) atoms. The lowest BCUT2D eigenvalue weighted by atomic mass is 10.0. The highest BCUT2D eigenvalue weighted by Crippen LogP contribution is 2.27. The average Bonchev–Trinajstić information content (AvgIpc) is 2.46. The number of aromatic amines is 1. The second-order valence-electron chi connectivity index (χ2n) is 4.55. The van der Waals surface area contributed by atoms with Crippen LogP contribution >= 0.6 is 11.8 Å². The van der Waals surface area contributed by atoms with Crippen LogP contribution in [-0.4, -0.2) is 27.9 Å². The molecule has 0 saturated heterocycles. The minimum Gasteiger partial charge on any atom is -0.504 e. The molecule has 0 radical (unpaired) electrons. The predicted molar refractivity (Wildman–Crippen MR) is 83.5 cm³/mol. The number of hydrogen-bond donors (Lipinski definition) is 2. The summed E-state index contributed by atoms with van der Waals surface area (Å²) in [5.74, 6) is 0.528. The lowest BCUT2D eigenvalue weighted by Gasteiger charge is -2.09. The number of nitrogens with one attached hydrogen (secondary N) is 1. The fraction of sp³-hybridized carbons (Fsp3) is 0.333. The Morgan fingerprint density at radius 3 is 2.81 bits per heavy atom. The van der Waals surface area contributed by atoms with Crippen LogP contribution in [0.1, 0.15) is 23.7 Å². The van der Waals surface area contributed by atoms with Crippen molar-refractivity contribution in [2.75, 3.05) is 12.9 Å². The maximum Gasteiger partial charge on any atom is 0.255 e. The van der Waals surface area contributed by atoms with Gasteiger partial charge in [0.15, 0.2) is 16.7 Å². The number of rotatable bonds is 5. The molecule has 0 aliphatic carbocycles. The van der Waals surface area contributed by atoms with Crippen molar-refractivity contribution in [2.24, 2.45) is 0 Å². The minimum absolute atomic E-state index is 0.0992. The molecular formula is C15H18N2O3S. The lowest BCUT2D eigenvalue weighted by Crippen LogP contribution is -2.17. The van der Waals surface area contributed by atoms with Crippen molar-refractivity contribution in [2.45, 2.75) is 25.4 Å². The van der Waals surface area contributed by atoms with Gasteiger partial charge in [-0.05, 0) is 37.8 Å². The predicted octanol–water partition coefficient (Wildman–Crippen LogP) is 2.50. The van der Waals surface area contributed by atoms with Crippen LogP contribution in [0.5, 0.6) is 11.5 Å². The highest BCUT2D eigenvalue weighted by Gasteiger charge is 2.11. The van der Waals surface area contributed by atoms with E-state index in [1.54, 1.807) is 18.2 Å². The summed E-state index contributed by atoms with van der Waals surface area (Å²) in [5.41, 5.74) is 2.11. The summed E-state index contributed by atoms with van der Waals surface area (Å²) >= 11 is 1.40. The van der Waals surface area contributed by atoms with E-state index in [9.17, 15) is 9.90 Å². The number of phenolic OH excluding ortho intramolecular Hbond substituents is 1. The number of thioether (sulfide) groups is 1. The number of H-pyrrole nitrogens is 1. The summed E-state index contributed by atoms with van der Waals surface area (Å²) in [4.78, 5) is 19.2. The average molecular weight is 306 g/mol. The fourth-order valence-electron chi connectivity index (χ4n) is 2.03. The van der Waals surface area contributed by atoms with Crippen molar-refractivity contribution in [3.8, 4) is 11.5 Å². The maximum absolute atomic E-state index is 12.1. The van der Waals surface area contributed by atoms with Crippen molar-refractivity contribution in [3.05, 3.63) is 45.4 Å². The molecule has 1 aromatic heterocycles. The summed E-state index contributed by atoms with van der Waals surface area (Å²) in [6.45, 7) is 4.15. The number of aryl methyl sites for hydroxylation is 1. The minimum atomic E-state index is -0.127. The maximum atomic E-state index is 12.1. The molecule has 1 heterocycles. The molecule has 0 bridgehead atoms. The smallest absolute Gasteiger partial charge is 0.255 e. The Hall–Kier alpha value is -1.95. The summed E-state index contributed by atoms with van der Waals surface area (Å²) < 4.78 is 5.36. The first kappa shape index (κ1) is 15.4. The van der Waals surface area contributed by atoms with Gasteiger partial charge in [-0.15, -0.1) is 0 Å². The zero-order chi connectivity index (χ0) is 15.4. The topological polar surface area (TPSA) is 75.2 Å². The quantitative estimate of drug-likeness (QED) is 0.656. The van der Waals surface area contributed by atoms with Gasteiger partial charge in [-0.25, -0.2) is 4.98 Å². The van der Waals surface area contributed by atoms with E-state index >= 15 is 0 Å². The molecule has 6 heteroatoms. The van der Waals surface area contributed by atoms with Gasteiger partial charge >= 0.3 is 0 Å². The van der Waals surface area contributed by atoms with Gasteiger partial charge in [0, 0.05) is 17.7 Å². The number of aromatic nitrogens is 2. The third kappa shape index (κ3) is 3.58.